The number of fused-ring (bicyclic) bond motifs is 2. The summed E-state index contributed by atoms with van der Waals surface area (Å²) in [5, 5.41) is 2.17. The van der Waals surface area contributed by atoms with Gasteiger partial charge in [0.1, 0.15) is 0 Å². The Morgan fingerprint density at radius 2 is 1.94 bits per heavy atom. The van der Waals surface area contributed by atoms with Crippen LogP contribution in [0.1, 0.15) is 31.6 Å². The van der Waals surface area contributed by atoms with Crippen molar-refractivity contribution in [3.63, 3.8) is 0 Å². The molecule has 2 atom stereocenters. The fourth-order valence-electron chi connectivity index (χ4n) is 2.85. The molecule has 0 aliphatic carbocycles. The number of likely N-dealkylation sites (tertiary alicyclic amines) is 1. The zero-order valence-electron chi connectivity index (χ0n) is 10.4. The normalized spacial score (nSPS) is 29.1. The third-order valence-electron chi connectivity index (χ3n) is 3.96. The summed E-state index contributed by atoms with van der Waals surface area (Å²) >= 11 is 1.86. The lowest BCUT2D eigenvalue weighted by Crippen LogP contribution is -2.51. The lowest BCUT2D eigenvalue weighted by molar-refractivity contribution is -0.0716. The molecule has 3 rings (SSSR count). The van der Waals surface area contributed by atoms with E-state index in [-0.39, 0.29) is 17.9 Å². The van der Waals surface area contributed by atoms with Crippen molar-refractivity contribution < 1.29 is 4.74 Å². The first-order valence-corrected chi connectivity index (χ1v) is 6.99. The molecule has 0 N–H and O–H groups in total. The third kappa shape index (κ3) is 2.39. The minimum Gasteiger partial charge on any atom is -0.372 e. The molecule has 2 nitrogen and oxygen atoms in total. The van der Waals surface area contributed by atoms with Crippen molar-refractivity contribution in [2.75, 3.05) is 13.1 Å². The summed E-state index contributed by atoms with van der Waals surface area (Å²) in [6, 6.07) is 4.40. The zero-order chi connectivity index (χ0) is 11.2. The van der Waals surface area contributed by atoms with Crippen LogP contribution in [0.15, 0.2) is 17.5 Å². The predicted molar refractivity (Wildman–Crippen MR) is 74.1 cm³/mol. The van der Waals surface area contributed by atoms with E-state index in [1.54, 1.807) is 0 Å². The van der Waals surface area contributed by atoms with Gasteiger partial charge in [-0.1, -0.05) is 6.07 Å². The largest absolute Gasteiger partial charge is 0.372 e. The Morgan fingerprint density at radius 3 is 2.47 bits per heavy atom. The van der Waals surface area contributed by atoms with E-state index in [0.717, 1.165) is 13.1 Å². The first-order valence-electron chi connectivity index (χ1n) is 6.11. The Bertz CT molecular complexity index is 354. The van der Waals surface area contributed by atoms with Crippen molar-refractivity contribution in [2.45, 2.75) is 44.4 Å². The van der Waals surface area contributed by atoms with Crippen molar-refractivity contribution in [2.24, 2.45) is 0 Å². The first kappa shape index (κ1) is 13.3. The van der Waals surface area contributed by atoms with Gasteiger partial charge in [0.15, 0.2) is 0 Å². The van der Waals surface area contributed by atoms with E-state index in [1.807, 2.05) is 11.3 Å². The monoisotopic (exact) mass is 273 g/mol. The van der Waals surface area contributed by atoms with Gasteiger partial charge in [-0.05, 0) is 38.1 Å². The van der Waals surface area contributed by atoms with Gasteiger partial charge in [-0.25, -0.2) is 0 Å². The van der Waals surface area contributed by atoms with E-state index < -0.39 is 0 Å². The van der Waals surface area contributed by atoms with Crippen LogP contribution in [0.2, 0.25) is 0 Å². The summed E-state index contributed by atoms with van der Waals surface area (Å²) in [4.78, 5) is 4.07. The second-order valence-corrected chi connectivity index (χ2v) is 6.35. The van der Waals surface area contributed by atoms with E-state index in [4.69, 9.17) is 4.74 Å². The molecule has 2 aliphatic heterocycles. The molecular weight excluding hydrogens is 254 g/mol. The Labute approximate surface area is 113 Å². The van der Waals surface area contributed by atoms with E-state index >= 15 is 0 Å². The molecule has 2 unspecified atom stereocenters. The molecule has 0 radical (unpaired) electrons. The van der Waals surface area contributed by atoms with Crippen LogP contribution in [0.5, 0.6) is 0 Å². The van der Waals surface area contributed by atoms with Crippen LogP contribution in [0.4, 0.5) is 0 Å². The molecule has 0 aromatic carbocycles. The Morgan fingerprint density at radius 1 is 1.29 bits per heavy atom. The van der Waals surface area contributed by atoms with Crippen LogP contribution >= 0.6 is 23.7 Å². The molecule has 4 heteroatoms. The van der Waals surface area contributed by atoms with Gasteiger partial charge in [-0.2, -0.15) is 0 Å². The van der Waals surface area contributed by atoms with Gasteiger partial charge in [-0.15, -0.1) is 23.7 Å². The van der Waals surface area contributed by atoms with Gasteiger partial charge in [0.05, 0.1) is 12.2 Å². The third-order valence-corrected chi connectivity index (χ3v) is 5.14. The lowest BCUT2D eigenvalue weighted by atomic mass is 9.99. The first-order chi connectivity index (χ1) is 7.66. The Hall–Kier alpha value is -0.0900. The van der Waals surface area contributed by atoms with Crippen molar-refractivity contribution >= 4 is 23.7 Å². The van der Waals surface area contributed by atoms with Crippen LogP contribution in [0.25, 0.3) is 0 Å². The quantitative estimate of drug-likeness (QED) is 0.820. The van der Waals surface area contributed by atoms with Crippen molar-refractivity contribution in [3.8, 4) is 0 Å². The molecule has 96 valence electrons. The van der Waals surface area contributed by atoms with Gasteiger partial charge in [0, 0.05) is 23.5 Å². The number of ether oxygens (including phenoxy) is 1. The van der Waals surface area contributed by atoms with Crippen LogP contribution in [0.3, 0.4) is 0 Å². The van der Waals surface area contributed by atoms with Crippen molar-refractivity contribution in [1.82, 2.24) is 4.90 Å². The minimum atomic E-state index is 0. The van der Waals surface area contributed by atoms with E-state index in [0.29, 0.717) is 12.2 Å². The smallest absolute Gasteiger partial charge is 0.0707 e. The number of rotatable bonds is 2. The highest BCUT2D eigenvalue weighted by Gasteiger charge is 2.40. The second kappa shape index (κ2) is 4.88. The summed E-state index contributed by atoms with van der Waals surface area (Å²) in [6.45, 7) is 6.87. The lowest BCUT2D eigenvalue weighted by Gasteiger charge is -2.43. The Kier molecular flexibility index (Phi) is 3.83. The van der Waals surface area contributed by atoms with Gasteiger partial charge < -0.3 is 4.74 Å². The number of hydrogen-bond acceptors (Lipinski definition) is 3. The molecule has 0 saturated carbocycles. The number of halogens is 1. The van der Waals surface area contributed by atoms with E-state index in [2.05, 4.69) is 36.3 Å². The van der Waals surface area contributed by atoms with Crippen LogP contribution < -0.4 is 0 Å². The number of thiophene rings is 1. The van der Waals surface area contributed by atoms with Gasteiger partial charge in [-0.3, -0.25) is 4.90 Å². The average Bonchev–Trinajstić information content (AvgIpc) is 2.88. The number of hydrogen-bond donors (Lipinski definition) is 0. The molecule has 2 fully saturated rings. The molecule has 3 heterocycles. The molecule has 2 bridgehead atoms. The topological polar surface area (TPSA) is 12.5 Å². The highest BCUT2D eigenvalue weighted by molar-refractivity contribution is 7.10. The maximum atomic E-state index is 5.90. The van der Waals surface area contributed by atoms with Crippen LogP contribution in [-0.2, 0) is 10.3 Å². The average molecular weight is 274 g/mol. The van der Waals surface area contributed by atoms with Gasteiger partial charge in [0.2, 0.25) is 0 Å². The fraction of sp³-hybridized carbons (Fsp3) is 0.692. The van der Waals surface area contributed by atoms with E-state index in [1.165, 1.54) is 17.7 Å². The fourth-order valence-corrected chi connectivity index (χ4v) is 3.73. The minimum absolute atomic E-state index is 0. The number of nitrogens with zero attached hydrogens (tertiary/aromatic N) is 1. The van der Waals surface area contributed by atoms with Crippen LogP contribution in [0, 0.1) is 0 Å². The highest BCUT2D eigenvalue weighted by Crippen LogP contribution is 2.36. The summed E-state index contributed by atoms with van der Waals surface area (Å²) in [6.07, 6.45) is 3.47. The molecule has 2 aliphatic rings. The highest BCUT2D eigenvalue weighted by atomic mass is 35.5. The maximum Gasteiger partial charge on any atom is 0.0707 e. The van der Waals surface area contributed by atoms with Gasteiger partial charge >= 0.3 is 0 Å². The number of morpholine rings is 1. The zero-order valence-corrected chi connectivity index (χ0v) is 12.0. The molecule has 1 aromatic heterocycles. The predicted octanol–water partition coefficient (Wildman–Crippen LogP) is 3.27. The SMILES string of the molecule is CC(C)(c1cccs1)N1CC2CCC(C1)O2.Cl. The maximum absolute atomic E-state index is 5.90. The molecule has 0 spiro atoms. The summed E-state index contributed by atoms with van der Waals surface area (Å²) < 4.78 is 5.90. The molecular formula is C13H20ClNOS. The van der Waals surface area contributed by atoms with Crippen molar-refractivity contribution in [3.05, 3.63) is 22.4 Å². The van der Waals surface area contributed by atoms with Gasteiger partial charge in [0.25, 0.3) is 0 Å². The summed E-state index contributed by atoms with van der Waals surface area (Å²) in [5.41, 5.74) is 0.165. The standard InChI is InChI=1S/C13H19NOS.ClH/c1-13(2,12-4-3-7-16-12)14-8-10-5-6-11(9-14)15-10;/h3-4,7,10-11H,5-6,8-9H2,1-2H3;1H. The Balaban J connectivity index is 0.00000108. The molecule has 2 saturated heterocycles. The summed E-state index contributed by atoms with van der Waals surface area (Å²) in [5.74, 6) is 0. The molecule has 1 aromatic rings. The second-order valence-electron chi connectivity index (χ2n) is 5.40. The molecule has 0 amide bonds. The molecule has 17 heavy (non-hydrogen) atoms. The van der Waals surface area contributed by atoms with E-state index in [9.17, 15) is 0 Å². The van der Waals surface area contributed by atoms with Crippen molar-refractivity contribution in [1.29, 1.82) is 0 Å². The summed E-state index contributed by atoms with van der Waals surface area (Å²) in [7, 11) is 0. The van der Waals surface area contributed by atoms with Crippen LogP contribution in [-0.4, -0.2) is 30.2 Å².